The second kappa shape index (κ2) is 6.76. The van der Waals surface area contributed by atoms with Crippen LogP contribution in [-0.2, 0) is 9.53 Å². The number of hydrogen-bond acceptors (Lipinski definition) is 4. The summed E-state index contributed by atoms with van der Waals surface area (Å²) in [5.74, 6) is -1.13. The second-order valence-corrected chi connectivity index (χ2v) is 4.96. The summed E-state index contributed by atoms with van der Waals surface area (Å²) >= 11 is 5.67. The van der Waals surface area contributed by atoms with Crippen molar-refractivity contribution in [3.8, 4) is 0 Å². The largest absolute Gasteiger partial charge is 0.481 e. The summed E-state index contributed by atoms with van der Waals surface area (Å²) < 4.78 is 10.4. The van der Waals surface area contributed by atoms with Crippen molar-refractivity contribution in [2.45, 2.75) is 25.3 Å². The van der Waals surface area contributed by atoms with Crippen LogP contribution in [0.3, 0.4) is 0 Å². The molecule has 0 aromatic carbocycles. The first-order valence-corrected chi connectivity index (χ1v) is 6.81. The number of amides is 1. The zero-order valence-corrected chi connectivity index (χ0v) is 11.6. The van der Waals surface area contributed by atoms with Crippen molar-refractivity contribution in [2.24, 2.45) is 0 Å². The number of hydrogen-bond donors (Lipinski definition) is 1. The quantitative estimate of drug-likeness (QED) is 0.900. The van der Waals surface area contributed by atoms with Crippen molar-refractivity contribution in [1.82, 2.24) is 4.90 Å². The van der Waals surface area contributed by atoms with Gasteiger partial charge in [0.25, 0.3) is 5.91 Å². The van der Waals surface area contributed by atoms with Crippen LogP contribution in [0.1, 0.15) is 29.8 Å². The summed E-state index contributed by atoms with van der Waals surface area (Å²) in [5.41, 5.74) is 0. The molecule has 0 aliphatic carbocycles. The second-order valence-electron chi connectivity index (χ2n) is 4.59. The van der Waals surface area contributed by atoms with Crippen LogP contribution in [0.2, 0.25) is 5.22 Å². The lowest BCUT2D eigenvalue weighted by atomic mass is 10.1. The number of carbonyl (C=O) groups is 2. The van der Waals surface area contributed by atoms with Gasteiger partial charge < -0.3 is 19.2 Å². The smallest absolute Gasteiger partial charge is 0.305 e. The average Bonchev–Trinajstić information content (AvgIpc) is 2.86. The number of rotatable bonds is 5. The van der Waals surface area contributed by atoms with Gasteiger partial charge in [0.1, 0.15) is 0 Å². The molecule has 6 nitrogen and oxygen atoms in total. The molecule has 110 valence electrons. The normalized spacial score (nSPS) is 16.1. The number of aliphatic carboxylic acids is 1. The Morgan fingerprint density at radius 1 is 1.35 bits per heavy atom. The molecule has 1 saturated heterocycles. The van der Waals surface area contributed by atoms with Crippen molar-refractivity contribution in [3.05, 3.63) is 23.1 Å². The average molecular weight is 302 g/mol. The van der Waals surface area contributed by atoms with E-state index in [2.05, 4.69) is 0 Å². The molecular formula is C13H16ClNO5. The van der Waals surface area contributed by atoms with E-state index in [1.165, 1.54) is 12.1 Å². The molecule has 0 bridgehead atoms. The molecule has 1 aromatic heterocycles. The lowest BCUT2D eigenvalue weighted by Crippen LogP contribution is -2.44. The van der Waals surface area contributed by atoms with Crippen LogP contribution < -0.4 is 0 Å². The van der Waals surface area contributed by atoms with Crippen LogP contribution in [0.25, 0.3) is 0 Å². The molecule has 0 unspecified atom stereocenters. The first-order chi connectivity index (χ1) is 9.58. The van der Waals surface area contributed by atoms with Crippen molar-refractivity contribution in [1.29, 1.82) is 0 Å². The molecule has 0 spiro atoms. The molecule has 1 aliphatic heterocycles. The van der Waals surface area contributed by atoms with Crippen LogP contribution in [0.5, 0.6) is 0 Å². The Morgan fingerprint density at radius 3 is 2.60 bits per heavy atom. The number of carbonyl (C=O) groups excluding carboxylic acids is 1. The van der Waals surface area contributed by atoms with E-state index in [-0.39, 0.29) is 35.9 Å². The van der Waals surface area contributed by atoms with E-state index in [1.807, 2.05) is 0 Å². The van der Waals surface area contributed by atoms with Gasteiger partial charge in [-0.15, -0.1) is 0 Å². The summed E-state index contributed by atoms with van der Waals surface area (Å²) in [6.07, 6.45) is 1.29. The predicted molar refractivity (Wildman–Crippen MR) is 70.8 cm³/mol. The van der Waals surface area contributed by atoms with Gasteiger partial charge in [-0.05, 0) is 36.6 Å². The fraction of sp³-hybridized carbons (Fsp3) is 0.538. The monoisotopic (exact) mass is 301 g/mol. The van der Waals surface area contributed by atoms with E-state index in [9.17, 15) is 9.59 Å². The lowest BCUT2D eigenvalue weighted by Gasteiger charge is -2.33. The summed E-state index contributed by atoms with van der Waals surface area (Å²) in [6, 6.07) is 2.96. The molecule has 1 amide bonds. The molecule has 1 fully saturated rings. The Morgan fingerprint density at radius 2 is 2.05 bits per heavy atom. The highest BCUT2D eigenvalue weighted by Gasteiger charge is 2.28. The summed E-state index contributed by atoms with van der Waals surface area (Å²) in [7, 11) is 0. The Balaban J connectivity index is 2.11. The molecule has 1 N–H and O–H groups in total. The molecule has 0 saturated carbocycles. The van der Waals surface area contributed by atoms with Gasteiger partial charge in [0, 0.05) is 25.8 Å². The lowest BCUT2D eigenvalue weighted by molar-refractivity contribution is -0.137. The molecule has 1 aromatic rings. The van der Waals surface area contributed by atoms with Gasteiger partial charge in [0.2, 0.25) is 0 Å². The highest BCUT2D eigenvalue weighted by molar-refractivity contribution is 6.29. The highest BCUT2D eigenvalue weighted by Crippen LogP contribution is 2.20. The number of carboxylic acids is 1. The van der Waals surface area contributed by atoms with Crippen LogP contribution in [0.4, 0.5) is 0 Å². The van der Waals surface area contributed by atoms with Crippen LogP contribution in [-0.4, -0.2) is 47.7 Å². The number of furan rings is 1. The van der Waals surface area contributed by atoms with Gasteiger partial charge in [0.15, 0.2) is 11.0 Å². The Hall–Kier alpha value is -1.53. The number of carboxylic acid groups (broad SMARTS) is 1. The standard InChI is InChI=1S/C13H16ClNO5/c14-11-2-1-10(20-11)13(18)15(6-3-12(16)17)9-4-7-19-8-5-9/h1-2,9H,3-8H2,(H,16,17). The van der Waals surface area contributed by atoms with Crippen LogP contribution in [0.15, 0.2) is 16.5 Å². The molecule has 0 atom stereocenters. The van der Waals surface area contributed by atoms with E-state index in [4.69, 9.17) is 25.9 Å². The number of ether oxygens (including phenoxy) is 1. The number of nitrogens with zero attached hydrogens (tertiary/aromatic N) is 1. The maximum Gasteiger partial charge on any atom is 0.305 e. The SMILES string of the molecule is O=C(O)CCN(C(=O)c1ccc(Cl)o1)C1CCOCC1. The third kappa shape index (κ3) is 3.74. The Bertz CT molecular complexity index is 481. The number of halogens is 1. The molecule has 2 rings (SSSR count). The molecular weight excluding hydrogens is 286 g/mol. The summed E-state index contributed by atoms with van der Waals surface area (Å²) in [4.78, 5) is 24.7. The van der Waals surface area contributed by atoms with E-state index >= 15 is 0 Å². The van der Waals surface area contributed by atoms with Gasteiger partial charge in [-0.3, -0.25) is 9.59 Å². The third-order valence-corrected chi connectivity index (χ3v) is 3.45. The summed E-state index contributed by atoms with van der Waals surface area (Å²) in [6.45, 7) is 1.29. The first kappa shape index (κ1) is 14.9. The van der Waals surface area contributed by atoms with E-state index < -0.39 is 5.97 Å². The van der Waals surface area contributed by atoms with Gasteiger partial charge in [0.05, 0.1) is 6.42 Å². The van der Waals surface area contributed by atoms with E-state index in [1.54, 1.807) is 4.90 Å². The van der Waals surface area contributed by atoms with Gasteiger partial charge in [-0.1, -0.05) is 0 Å². The van der Waals surface area contributed by atoms with Gasteiger partial charge in [-0.25, -0.2) is 0 Å². The molecule has 7 heteroatoms. The minimum Gasteiger partial charge on any atom is -0.481 e. The topological polar surface area (TPSA) is 80.0 Å². The van der Waals surface area contributed by atoms with Gasteiger partial charge in [-0.2, -0.15) is 0 Å². The third-order valence-electron chi connectivity index (χ3n) is 3.24. The zero-order chi connectivity index (χ0) is 14.5. The fourth-order valence-electron chi connectivity index (χ4n) is 2.23. The van der Waals surface area contributed by atoms with Crippen molar-refractivity contribution >= 4 is 23.5 Å². The Labute approximate surface area is 121 Å². The maximum atomic E-state index is 12.4. The molecule has 20 heavy (non-hydrogen) atoms. The maximum absolute atomic E-state index is 12.4. The van der Waals surface area contributed by atoms with Crippen LogP contribution >= 0.6 is 11.6 Å². The molecule has 0 radical (unpaired) electrons. The highest BCUT2D eigenvalue weighted by atomic mass is 35.5. The van der Waals surface area contributed by atoms with Crippen molar-refractivity contribution < 1.29 is 23.8 Å². The van der Waals surface area contributed by atoms with E-state index in [0.717, 1.165) is 0 Å². The molecule has 1 aliphatic rings. The van der Waals surface area contributed by atoms with Crippen LogP contribution in [0, 0.1) is 0 Å². The van der Waals surface area contributed by atoms with Crippen molar-refractivity contribution in [3.63, 3.8) is 0 Å². The van der Waals surface area contributed by atoms with Gasteiger partial charge >= 0.3 is 5.97 Å². The van der Waals surface area contributed by atoms with Crippen molar-refractivity contribution in [2.75, 3.05) is 19.8 Å². The minimum absolute atomic E-state index is 0.0283. The minimum atomic E-state index is -0.938. The predicted octanol–water partition coefficient (Wildman–Crippen LogP) is 2.03. The fourth-order valence-corrected chi connectivity index (χ4v) is 2.38. The van der Waals surface area contributed by atoms with E-state index in [0.29, 0.717) is 26.1 Å². The first-order valence-electron chi connectivity index (χ1n) is 6.44. The Kier molecular flexibility index (Phi) is 5.03. The molecule has 2 heterocycles. The zero-order valence-electron chi connectivity index (χ0n) is 10.9. The summed E-state index contributed by atoms with van der Waals surface area (Å²) in [5, 5.41) is 8.95.